The van der Waals surface area contributed by atoms with E-state index < -0.39 is 0 Å². The van der Waals surface area contributed by atoms with E-state index in [0.717, 1.165) is 15.7 Å². The Labute approximate surface area is 115 Å². The predicted octanol–water partition coefficient (Wildman–Crippen LogP) is 0.564. The average Bonchev–Trinajstić information content (AvgIpc) is 2.33. The van der Waals surface area contributed by atoms with Gasteiger partial charge in [-0.25, -0.2) is 0 Å². The minimum absolute atomic E-state index is 0.0434. The molecule has 0 aliphatic heterocycles. The molecule has 17 heavy (non-hydrogen) atoms. The number of nitrogens with two attached hydrogens (primary N) is 1. The Balaban J connectivity index is 2.37. The third-order valence-electron chi connectivity index (χ3n) is 2.52. The van der Waals surface area contributed by atoms with Crippen molar-refractivity contribution in [3.63, 3.8) is 0 Å². The van der Waals surface area contributed by atoms with Gasteiger partial charge in [0.15, 0.2) is 6.54 Å². The number of rotatable bonds is 6. The SMILES string of the molecule is CC[C@H](CO)[NH2+]CC(=O)Nc1ccc(I)cc1. The van der Waals surface area contributed by atoms with E-state index in [1.807, 2.05) is 36.5 Å². The van der Waals surface area contributed by atoms with Crippen molar-refractivity contribution in [2.24, 2.45) is 0 Å². The fourth-order valence-electron chi connectivity index (χ4n) is 1.39. The molecule has 1 atom stereocenters. The number of anilines is 1. The first-order valence-corrected chi connectivity index (χ1v) is 6.73. The summed E-state index contributed by atoms with van der Waals surface area (Å²) in [5.74, 6) is -0.0434. The first-order valence-electron chi connectivity index (χ1n) is 5.65. The molecule has 0 saturated carbocycles. The van der Waals surface area contributed by atoms with E-state index in [1.165, 1.54) is 0 Å². The van der Waals surface area contributed by atoms with E-state index in [-0.39, 0.29) is 18.6 Å². The van der Waals surface area contributed by atoms with Gasteiger partial charge >= 0.3 is 0 Å². The zero-order valence-corrected chi connectivity index (χ0v) is 12.0. The number of aliphatic hydroxyl groups is 1. The number of nitrogens with one attached hydrogen (secondary N) is 1. The maximum atomic E-state index is 11.6. The molecule has 1 amide bonds. The smallest absolute Gasteiger partial charge is 0.279 e. The lowest BCUT2D eigenvalue weighted by Gasteiger charge is -2.10. The molecule has 94 valence electrons. The number of quaternary nitrogens is 1. The minimum Gasteiger partial charge on any atom is -0.390 e. The summed E-state index contributed by atoms with van der Waals surface area (Å²) in [6.07, 6.45) is 0.854. The number of aliphatic hydroxyl groups excluding tert-OH is 1. The summed E-state index contributed by atoms with van der Waals surface area (Å²) in [4.78, 5) is 11.6. The highest BCUT2D eigenvalue weighted by molar-refractivity contribution is 14.1. The van der Waals surface area contributed by atoms with Crippen LogP contribution in [0.5, 0.6) is 0 Å². The molecule has 1 aromatic rings. The van der Waals surface area contributed by atoms with E-state index in [9.17, 15) is 4.79 Å². The van der Waals surface area contributed by atoms with Gasteiger partial charge in [-0.15, -0.1) is 0 Å². The fraction of sp³-hybridized carbons (Fsp3) is 0.417. The Hall–Kier alpha value is -0.660. The number of hydrogen-bond acceptors (Lipinski definition) is 2. The van der Waals surface area contributed by atoms with Crippen molar-refractivity contribution in [3.05, 3.63) is 27.8 Å². The van der Waals surface area contributed by atoms with E-state index in [4.69, 9.17) is 5.11 Å². The van der Waals surface area contributed by atoms with Crippen LogP contribution in [-0.4, -0.2) is 30.2 Å². The van der Waals surface area contributed by atoms with Crippen molar-refractivity contribution < 1.29 is 15.2 Å². The van der Waals surface area contributed by atoms with Crippen LogP contribution in [0.15, 0.2) is 24.3 Å². The van der Waals surface area contributed by atoms with E-state index in [0.29, 0.717) is 6.54 Å². The van der Waals surface area contributed by atoms with Crippen molar-refractivity contribution in [2.45, 2.75) is 19.4 Å². The first-order chi connectivity index (χ1) is 8.15. The number of carbonyl (C=O) groups is 1. The van der Waals surface area contributed by atoms with Gasteiger partial charge in [-0.3, -0.25) is 4.79 Å². The van der Waals surface area contributed by atoms with Crippen molar-refractivity contribution in [3.8, 4) is 0 Å². The number of amides is 1. The van der Waals surface area contributed by atoms with Gasteiger partial charge in [0.2, 0.25) is 0 Å². The zero-order chi connectivity index (χ0) is 12.7. The van der Waals surface area contributed by atoms with Crippen LogP contribution in [0.3, 0.4) is 0 Å². The molecule has 1 rings (SSSR count). The van der Waals surface area contributed by atoms with Gasteiger partial charge in [0, 0.05) is 9.26 Å². The summed E-state index contributed by atoms with van der Waals surface area (Å²) in [7, 11) is 0. The van der Waals surface area contributed by atoms with Crippen LogP contribution < -0.4 is 10.6 Å². The second-order valence-electron chi connectivity index (χ2n) is 3.85. The highest BCUT2D eigenvalue weighted by atomic mass is 127. The molecule has 0 fully saturated rings. The van der Waals surface area contributed by atoms with Gasteiger partial charge in [-0.05, 0) is 53.3 Å². The molecule has 0 saturated heterocycles. The molecule has 4 nitrogen and oxygen atoms in total. The average molecular weight is 349 g/mol. The van der Waals surface area contributed by atoms with Crippen molar-refractivity contribution in [2.75, 3.05) is 18.5 Å². The molecule has 4 N–H and O–H groups in total. The molecule has 0 aromatic heterocycles. The Morgan fingerprint density at radius 1 is 1.47 bits per heavy atom. The van der Waals surface area contributed by atoms with Crippen LogP contribution in [-0.2, 0) is 4.79 Å². The zero-order valence-electron chi connectivity index (χ0n) is 9.82. The number of hydrogen-bond donors (Lipinski definition) is 3. The molecule has 0 unspecified atom stereocenters. The summed E-state index contributed by atoms with van der Waals surface area (Å²) in [6, 6.07) is 7.76. The van der Waals surface area contributed by atoms with Crippen molar-refractivity contribution in [1.82, 2.24) is 0 Å². The summed E-state index contributed by atoms with van der Waals surface area (Å²) < 4.78 is 1.14. The Kier molecular flexibility index (Phi) is 6.46. The number of halogens is 1. The van der Waals surface area contributed by atoms with Gasteiger partial charge in [0.1, 0.15) is 6.04 Å². The van der Waals surface area contributed by atoms with Crippen LogP contribution >= 0.6 is 22.6 Å². The molecule has 1 aromatic carbocycles. The van der Waals surface area contributed by atoms with Gasteiger partial charge in [-0.1, -0.05) is 6.92 Å². The van der Waals surface area contributed by atoms with Gasteiger partial charge in [0.25, 0.3) is 5.91 Å². The van der Waals surface area contributed by atoms with E-state index in [1.54, 1.807) is 0 Å². The van der Waals surface area contributed by atoms with Crippen LogP contribution in [0.4, 0.5) is 5.69 Å². The van der Waals surface area contributed by atoms with Gasteiger partial charge in [-0.2, -0.15) is 0 Å². The number of benzene rings is 1. The van der Waals surface area contributed by atoms with Gasteiger partial charge < -0.3 is 15.7 Å². The molecule has 0 spiro atoms. The molecule has 0 heterocycles. The lowest BCUT2D eigenvalue weighted by molar-refractivity contribution is -0.680. The highest BCUT2D eigenvalue weighted by Gasteiger charge is 2.10. The molecule has 0 aliphatic carbocycles. The summed E-state index contributed by atoms with van der Waals surface area (Å²) in [5.41, 5.74) is 0.806. The highest BCUT2D eigenvalue weighted by Crippen LogP contribution is 2.10. The Bertz CT molecular complexity index is 350. The van der Waals surface area contributed by atoms with Crippen LogP contribution in [0, 0.1) is 3.57 Å². The second-order valence-corrected chi connectivity index (χ2v) is 5.09. The van der Waals surface area contributed by atoms with E-state index >= 15 is 0 Å². The monoisotopic (exact) mass is 349 g/mol. The van der Waals surface area contributed by atoms with Crippen molar-refractivity contribution in [1.29, 1.82) is 0 Å². The standard InChI is InChI=1S/C12H17IN2O2/c1-2-10(8-16)14-7-12(17)15-11-5-3-9(13)4-6-11/h3-6,10,14,16H,2,7-8H2,1H3,(H,15,17)/p+1/t10-/m1/s1. The molecule has 0 radical (unpaired) electrons. The largest absolute Gasteiger partial charge is 0.390 e. The molecule has 0 aliphatic rings. The maximum Gasteiger partial charge on any atom is 0.279 e. The Morgan fingerprint density at radius 2 is 2.12 bits per heavy atom. The minimum atomic E-state index is -0.0434. The third-order valence-corrected chi connectivity index (χ3v) is 3.24. The lowest BCUT2D eigenvalue weighted by atomic mass is 10.2. The van der Waals surface area contributed by atoms with Gasteiger partial charge in [0.05, 0.1) is 6.61 Å². The first kappa shape index (κ1) is 14.4. The number of carbonyl (C=O) groups excluding carboxylic acids is 1. The predicted molar refractivity (Wildman–Crippen MR) is 75.7 cm³/mol. The summed E-state index contributed by atoms with van der Waals surface area (Å²) in [5, 5.41) is 13.7. The molecule has 5 heteroatoms. The molecular weight excluding hydrogens is 331 g/mol. The van der Waals surface area contributed by atoms with E-state index in [2.05, 4.69) is 27.9 Å². The second kappa shape index (κ2) is 7.62. The van der Waals surface area contributed by atoms with Crippen LogP contribution in [0.25, 0.3) is 0 Å². The maximum absolute atomic E-state index is 11.6. The molecular formula is C12H18IN2O2+. The van der Waals surface area contributed by atoms with Crippen LogP contribution in [0.2, 0.25) is 0 Å². The normalized spacial score (nSPS) is 12.2. The van der Waals surface area contributed by atoms with Crippen LogP contribution in [0.1, 0.15) is 13.3 Å². The topological polar surface area (TPSA) is 65.9 Å². The van der Waals surface area contributed by atoms with Crippen molar-refractivity contribution >= 4 is 34.2 Å². The Morgan fingerprint density at radius 3 is 2.65 bits per heavy atom. The lowest BCUT2D eigenvalue weighted by Crippen LogP contribution is -2.92. The summed E-state index contributed by atoms with van der Waals surface area (Å²) in [6.45, 7) is 2.44. The fourth-order valence-corrected chi connectivity index (χ4v) is 1.75. The quantitative estimate of drug-likeness (QED) is 0.658. The third kappa shape index (κ3) is 5.47. The summed E-state index contributed by atoms with van der Waals surface area (Å²) >= 11 is 2.22. The molecule has 0 bridgehead atoms.